The van der Waals surface area contributed by atoms with E-state index in [1.54, 1.807) is 18.2 Å². The van der Waals surface area contributed by atoms with Gasteiger partial charge in [-0.1, -0.05) is 31.5 Å². The zero-order valence-corrected chi connectivity index (χ0v) is 16.8. The third kappa shape index (κ3) is 3.47. The molecule has 148 valence electrons. The quantitative estimate of drug-likeness (QED) is 0.788. The van der Waals surface area contributed by atoms with Gasteiger partial charge < -0.3 is 9.47 Å². The van der Waals surface area contributed by atoms with Gasteiger partial charge in [-0.2, -0.15) is 0 Å². The summed E-state index contributed by atoms with van der Waals surface area (Å²) < 4.78 is 37.6. The number of benzene rings is 2. The topological polar surface area (TPSA) is 98.8 Å². The fourth-order valence-electron chi connectivity index (χ4n) is 3.16. The van der Waals surface area contributed by atoms with E-state index in [0.717, 1.165) is 5.56 Å². The Bertz CT molecular complexity index is 1050. The van der Waals surface area contributed by atoms with Crippen LogP contribution < -0.4 is 9.46 Å². The van der Waals surface area contributed by atoms with Gasteiger partial charge in [0.15, 0.2) is 0 Å². The van der Waals surface area contributed by atoms with Crippen molar-refractivity contribution >= 4 is 21.9 Å². The van der Waals surface area contributed by atoms with Crippen LogP contribution in [-0.4, -0.2) is 34.0 Å². The molecule has 0 radical (unpaired) electrons. The predicted octanol–water partition coefficient (Wildman–Crippen LogP) is 2.57. The van der Waals surface area contributed by atoms with Gasteiger partial charge in [0.25, 0.3) is 15.9 Å². The molecule has 3 rings (SSSR count). The van der Waals surface area contributed by atoms with Crippen LogP contribution in [0.15, 0.2) is 41.3 Å². The van der Waals surface area contributed by atoms with Crippen molar-refractivity contribution < 1.29 is 27.5 Å². The normalized spacial score (nSPS) is 14.7. The second kappa shape index (κ2) is 6.94. The largest absolute Gasteiger partial charge is 0.492 e. The van der Waals surface area contributed by atoms with Crippen LogP contribution in [0, 0.1) is 6.92 Å². The summed E-state index contributed by atoms with van der Waals surface area (Å²) in [6.45, 7) is 5.90. The molecule has 0 aliphatic carbocycles. The molecule has 0 saturated carbocycles. The van der Waals surface area contributed by atoms with E-state index in [1.165, 1.54) is 25.3 Å². The molecule has 2 aromatic carbocycles. The zero-order chi connectivity index (χ0) is 20.7. The molecule has 1 aliphatic heterocycles. The highest BCUT2D eigenvalue weighted by atomic mass is 32.2. The maximum Gasteiger partial charge on any atom is 0.339 e. The van der Waals surface area contributed by atoms with E-state index >= 15 is 0 Å². The maximum absolute atomic E-state index is 12.8. The van der Waals surface area contributed by atoms with Crippen molar-refractivity contribution in [2.75, 3.05) is 13.7 Å². The van der Waals surface area contributed by atoms with E-state index in [4.69, 9.17) is 9.47 Å². The molecular formula is C20H21NO6S. The number of nitrogens with one attached hydrogen (secondary N) is 1. The fraction of sp³-hybridized carbons (Fsp3) is 0.300. The monoisotopic (exact) mass is 403 g/mol. The molecule has 1 N–H and O–H groups in total. The molecule has 0 unspecified atom stereocenters. The van der Waals surface area contributed by atoms with Crippen LogP contribution in [0.25, 0.3) is 0 Å². The minimum absolute atomic E-state index is 0.0131. The number of fused-ring (bicyclic) bond motifs is 1. The highest BCUT2D eigenvalue weighted by molar-refractivity contribution is 7.90. The van der Waals surface area contributed by atoms with Crippen molar-refractivity contribution in [1.29, 1.82) is 0 Å². The molecule has 28 heavy (non-hydrogen) atoms. The molecule has 7 nitrogen and oxygen atoms in total. The van der Waals surface area contributed by atoms with Gasteiger partial charge in [0.1, 0.15) is 5.75 Å². The second-order valence-corrected chi connectivity index (χ2v) is 8.96. The number of aryl methyl sites for hydroxylation is 1. The molecular weight excluding hydrogens is 382 g/mol. The van der Waals surface area contributed by atoms with Crippen molar-refractivity contribution in [3.8, 4) is 5.75 Å². The molecule has 0 aromatic heterocycles. The molecule has 0 spiro atoms. The Balaban J connectivity index is 2.05. The predicted molar refractivity (Wildman–Crippen MR) is 102 cm³/mol. The second-order valence-electron chi connectivity index (χ2n) is 7.27. The molecule has 1 amide bonds. The van der Waals surface area contributed by atoms with Gasteiger partial charge >= 0.3 is 5.97 Å². The van der Waals surface area contributed by atoms with E-state index in [1.807, 2.05) is 25.5 Å². The first kappa shape index (κ1) is 19.9. The van der Waals surface area contributed by atoms with Gasteiger partial charge in [-0.15, -0.1) is 0 Å². The molecule has 2 aromatic rings. The van der Waals surface area contributed by atoms with Crippen molar-refractivity contribution in [2.24, 2.45) is 0 Å². The van der Waals surface area contributed by atoms with Crippen LogP contribution in [0.4, 0.5) is 0 Å². The highest BCUT2D eigenvalue weighted by Crippen LogP contribution is 2.42. The Morgan fingerprint density at radius 3 is 2.36 bits per heavy atom. The van der Waals surface area contributed by atoms with Gasteiger partial charge in [-0.3, -0.25) is 4.79 Å². The number of amides is 1. The lowest BCUT2D eigenvalue weighted by molar-refractivity contribution is 0.0594. The Kier molecular flexibility index (Phi) is 4.93. The third-order valence-electron chi connectivity index (χ3n) is 4.62. The van der Waals surface area contributed by atoms with E-state index < -0.39 is 27.3 Å². The maximum atomic E-state index is 12.8. The number of rotatable bonds is 4. The standard InChI is InChI=1S/C20H21NO6S/c1-12-5-7-13(8-6-12)28(24,25)21-18(22)14-9-10-15-17(16(14)19(23)26-4)20(2,3)11-27-15/h5-10H,11H2,1-4H3,(H,21,22). The van der Waals surface area contributed by atoms with Gasteiger partial charge in [-0.25, -0.2) is 17.9 Å². The minimum Gasteiger partial charge on any atom is -0.492 e. The molecule has 0 bridgehead atoms. The van der Waals surface area contributed by atoms with Gasteiger partial charge in [0.2, 0.25) is 0 Å². The van der Waals surface area contributed by atoms with Crippen molar-refractivity contribution in [3.05, 3.63) is 58.7 Å². The van der Waals surface area contributed by atoms with Crippen LogP contribution in [0.5, 0.6) is 5.75 Å². The SMILES string of the molecule is COC(=O)c1c(C(=O)NS(=O)(=O)c2ccc(C)cc2)ccc2c1C(C)(C)CO2. The molecule has 1 heterocycles. The van der Waals surface area contributed by atoms with Crippen molar-refractivity contribution in [1.82, 2.24) is 4.72 Å². The van der Waals surface area contributed by atoms with E-state index in [2.05, 4.69) is 0 Å². The average Bonchev–Trinajstić information content (AvgIpc) is 2.95. The summed E-state index contributed by atoms with van der Waals surface area (Å²) in [4.78, 5) is 25.2. The zero-order valence-electron chi connectivity index (χ0n) is 16.0. The van der Waals surface area contributed by atoms with E-state index in [0.29, 0.717) is 17.9 Å². The molecule has 0 fully saturated rings. The first-order valence-electron chi connectivity index (χ1n) is 8.59. The van der Waals surface area contributed by atoms with Gasteiger partial charge in [0, 0.05) is 11.0 Å². The van der Waals surface area contributed by atoms with Crippen LogP contribution >= 0.6 is 0 Å². The van der Waals surface area contributed by atoms with E-state index in [-0.39, 0.29) is 16.0 Å². The highest BCUT2D eigenvalue weighted by Gasteiger charge is 2.39. The lowest BCUT2D eigenvalue weighted by Crippen LogP contribution is -2.33. The van der Waals surface area contributed by atoms with Crippen LogP contribution in [-0.2, 0) is 20.2 Å². The first-order valence-corrected chi connectivity index (χ1v) is 10.1. The first-order chi connectivity index (χ1) is 13.1. The number of ether oxygens (including phenoxy) is 2. The number of esters is 1. The number of hydrogen-bond donors (Lipinski definition) is 1. The average molecular weight is 403 g/mol. The number of sulfonamides is 1. The Morgan fingerprint density at radius 1 is 1.11 bits per heavy atom. The smallest absolute Gasteiger partial charge is 0.339 e. The number of carbonyl (C=O) groups excluding carboxylic acids is 2. The minimum atomic E-state index is -4.10. The Hall–Kier alpha value is -2.87. The molecule has 8 heteroatoms. The third-order valence-corrected chi connectivity index (χ3v) is 5.97. The van der Waals surface area contributed by atoms with E-state index in [9.17, 15) is 18.0 Å². The summed E-state index contributed by atoms with van der Waals surface area (Å²) in [5.41, 5.74) is 0.808. The number of hydrogen-bond acceptors (Lipinski definition) is 6. The van der Waals surface area contributed by atoms with Crippen molar-refractivity contribution in [3.63, 3.8) is 0 Å². The summed E-state index contributed by atoms with van der Waals surface area (Å²) in [6, 6.07) is 9.01. The summed E-state index contributed by atoms with van der Waals surface area (Å²) in [5.74, 6) is -1.16. The lowest BCUT2D eigenvalue weighted by Gasteiger charge is -2.20. The van der Waals surface area contributed by atoms with Gasteiger partial charge in [0.05, 0.1) is 29.7 Å². The fourth-order valence-corrected chi connectivity index (χ4v) is 4.13. The van der Waals surface area contributed by atoms with Gasteiger partial charge in [-0.05, 0) is 31.2 Å². The summed E-state index contributed by atoms with van der Waals surface area (Å²) in [7, 11) is -2.90. The van der Waals surface area contributed by atoms with Crippen LogP contribution in [0.3, 0.4) is 0 Å². The Morgan fingerprint density at radius 2 is 1.75 bits per heavy atom. The van der Waals surface area contributed by atoms with Crippen molar-refractivity contribution in [2.45, 2.75) is 31.1 Å². The molecule has 0 atom stereocenters. The molecule has 1 aliphatic rings. The number of carbonyl (C=O) groups is 2. The summed E-state index contributed by atoms with van der Waals surface area (Å²) in [6.07, 6.45) is 0. The van der Waals surface area contributed by atoms with Crippen LogP contribution in [0.2, 0.25) is 0 Å². The molecule has 0 saturated heterocycles. The Labute approximate surface area is 163 Å². The summed E-state index contributed by atoms with van der Waals surface area (Å²) >= 11 is 0. The van der Waals surface area contributed by atoms with Crippen LogP contribution in [0.1, 0.15) is 45.7 Å². The number of methoxy groups -OCH3 is 1. The summed E-state index contributed by atoms with van der Waals surface area (Å²) in [5, 5.41) is 0. The lowest BCUT2D eigenvalue weighted by atomic mass is 9.82.